The zero-order valence-electron chi connectivity index (χ0n) is 9.76. The minimum Gasteiger partial charge on any atom is -0.307 e. The smallest absolute Gasteiger partial charge is 0.159 e. The van der Waals surface area contributed by atoms with Crippen LogP contribution in [0.25, 0.3) is 0 Å². The summed E-state index contributed by atoms with van der Waals surface area (Å²) in [4.78, 5) is 0. The van der Waals surface area contributed by atoms with Gasteiger partial charge in [0, 0.05) is 12.1 Å². The summed E-state index contributed by atoms with van der Waals surface area (Å²) in [7, 11) is 0. The van der Waals surface area contributed by atoms with Gasteiger partial charge in [-0.1, -0.05) is 12.5 Å². The molecule has 1 saturated carbocycles. The fraction of sp³-hybridized carbons (Fsp3) is 0.571. The number of halogens is 2. The first-order valence-corrected chi connectivity index (χ1v) is 6.45. The second kappa shape index (κ2) is 4.37. The Morgan fingerprint density at radius 1 is 1.00 bits per heavy atom. The number of piperidine rings is 1. The van der Waals surface area contributed by atoms with Crippen LogP contribution in [0.15, 0.2) is 18.2 Å². The lowest BCUT2D eigenvalue weighted by Crippen LogP contribution is -2.40. The summed E-state index contributed by atoms with van der Waals surface area (Å²) in [6.45, 7) is 0. The molecule has 0 radical (unpaired) electrons. The van der Waals surface area contributed by atoms with Crippen LogP contribution >= 0.6 is 0 Å². The molecule has 2 aliphatic rings. The minimum absolute atomic E-state index is 0.199. The van der Waals surface area contributed by atoms with Crippen molar-refractivity contribution in [1.29, 1.82) is 0 Å². The molecule has 0 bridgehead atoms. The van der Waals surface area contributed by atoms with Crippen molar-refractivity contribution >= 4 is 0 Å². The molecule has 92 valence electrons. The normalized spacial score (nSPS) is 32.5. The summed E-state index contributed by atoms with van der Waals surface area (Å²) in [5.74, 6) is -0.697. The molecule has 3 heteroatoms. The number of hydrogen-bond donors (Lipinski definition) is 1. The lowest BCUT2D eigenvalue weighted by molar-refractivity contribution is 0.260. The van der Waals surface area contributed by atoms with Gasteiger partial charge in [-0.15, -0.1) is 0 Å². The summed E-state index contributed by atoms with van der Waals surface area (Å²) in [6.07, 6.45) is 6.09. The van der Waals surface area contributed by atoms with Crippen molar-refractivity contribution in [3.05, 3.63) is 35.4 Å². The van der Waals surface area contributed by atoms with E-state index in [2.05, 4.69) is 5.32 Å². The van der Waals surface area contributed by atoms with Crippen LogP contribution in [0.2, 0.25) is 0 Å². The van der Waals surface area contributed by atoms with Gasteiger partial charge in [-0.25, -0.2) is 8.78 Å². The van der Waals surface area contributed by atoms with Gasteiger partial charge in [0.05, 0.1) is 0 Å². The maximum absolute atomic E-state index is 13.2. The van der Waals surface area contributed by atoms with Gasteiger partial charge in [0.2, 0.25) is 0 Å². The van der Waals surface area contributed by atoms with Crippen molar-refractivity contribution in [2.45, 2.75) is 44.2 Å². The Hall–Kier alpha value is -0.960. The predicted molar refractivity (Wildman–Crippen MR) is 62.6 cm³/mol. The quantitative estimate of drug-likeness (QED) is 0.787. The fourth-order valence-electron chi connectivity index (χ4n) is 3.32. The monoisotopic (exact) mass is 237 g/mol. The zero-order chi connectivity index (χ0) is 11.8. The molecule has 1 aromatic carbocycles. The van der Waals surface area contributed by atoms with Gasteiger partial charge in [0.15, 0.2) is 11.6 Å². The lowest BCUT2D eigenvalue weighted by atomic mass is 9.87. The molecule has 1 heterocycles. The molecule has 0 aromatic heterocycles. The van der Waals surface area contributed by atoms with E-state index in [9.17, 15) is 8.78 Å². The van der Waals surface area contributed by atoms with Crippen molar-refractivity contribution in [3.8, 4) is 0 Å². The number of fused-ring (bicyclic) bond motifs is 1. The van der Waals surface area contributed by atoms with Gasteiger partial charge in [0.1, 0.15) is 0 Å². The van der Waals surface area contributed by atoms with Crippen LogP contribution in [-0.2, 0) is 0 Å². The Labute approximate surface area is 100 Å². The van der Waals surface area contributed by atoms with Crippen molar-refractivity contribution in [1.82, 2.24) is 5.32 Å². The molecule has 17 heavy (non-hydrogen) atoms. The number of rotatable bonds is 1. The van der Waals surface area contributed by atoms with Crippen molar-refractivity contribution < 1.29 is 8.78 Å². The van der Waals surface area contributed by atoms with Gasteiger partial charge >= 0.3 is 0 Å². The van der Waals surface area contributed by atoms with E-state index < -0.39 is 11.6 Å². The predicted octanol–water partition coefficient (Wildman–Crippen LogP) is 3.56. The van der Waals surface area contributed by atoms with Gasteiger partial charge in [-0.2, -0.15) is 0 Å². The van der Waals surface area contributed by atoms with Gasteiger partial charge < -0.3 is 5.32 Å². The lowest BCUT2D eigenvalue weighted by Gasteiger charge is -2.33. The van der Waals surface area contributed by atoms with Crippen LogP contribution < -0.4 is 5.32 Å². The SMILES string of the molecule is Fc1ccc(C2CCC3CCCC3N2)cc1F. The van der Waals surface area contributed by atoms with Crippen LogP contribution in [0.1, 0.15) is 43.7 Å². The third-order valence-electron chi connectivity index (χ3n) is 4.25. The highest BCUT2D eigenvalue weighted by Crippen LogP contribution is 2.38. The summed E-state index contributed by atoms with van der Waals surface area (Å²) in [6, 6.07) is 5.05. The molecular formula is C14H17F2N. The van der Waals surface area contributed by atoms with Crippen molar-refractivity contribution in [3.63, 3.8) is 0 Å². The summed E-state index contributed by atoms with van der Waals surface area (Å²) < 4.78 is 26.1. The summed E-state index contributed by atoms with van der Waals surface area (Å²) in [5, 5.41) is 3.59. The standard InChI is InChI=1S/C14H17F2N/c15-11-6-4-10(8-12(11)16)14-7-5-9-2-1-3-13(9)17-14/h4,6,8-9,13-14,17H,1-3,5,7H2. The maximum Gasteiger partial charge on any atom is 0.159 e. The number of benzene rings is 1. The molecule has 1 N–H and O–H groups in total. The van der Waals surface area contributed by atoms with E-state index in [0.29, 0.717) is 6.04 Å². The Morgan fingerprint density at radius 2 is 1.88 bits per heavy atom. The highest BCUT2D eigenvalue weighted by Gasteiger charge is 2.33. The molecule has 3 atom stereocenters. The van der Waals surface area contributed by atoms with Crippen LogP contribution in [0.5, 0.6) is 0 Å². The molecule has 3 rings (SSSR count). The molecule has 1 aromatic rings. The van der Waals surface area contributed by atoms with Crippen LogP contribution in [0, 0.1) is 17.6 Å². The molecule has 1 aliphatic carbocycles. The van der Waals surface area contributed by atoms with Crippen molar-refractivity contribution in [2.24, 2.45) is 5.92 Å². The van der Waals surface area contributed by atoms with E-state index in [1.807, 2.05) is 0 Å². The van der Waals surface area contributed by atoms with E-state index in [4.69, 9.17) is 0 Å². The first kappa shape index (κ1) is 11.1. The Kier molecular flexibility index (Phi) is 2.87. The molecule has 0 spiro atoms. The first-order valence-electron chi connectivity index (χ1n) is 6.45. The fourth-order valence-corrected chi connectivity index (χ4v) is 3.32. The molecular weight excluding hydrogens is 220 g/mol. The second-order valence-corrected chi connectivity index (χ2v) is 5.27. The Morgan fingerprint density at radius 3 is 2.71 bits per heavy atom. The first-order chi connectivity index (χ1) is 8.24. The minimum atomic E-state index is -0.761. The summed E-state index contributed by atoms with van der Waals surface area (Å²) >= 11 is 0. The molecule has 1 saturated heterocycles. The highest BCUT2D eigenvalue weighted by molar-refractivity contribution is 5.22. The van der Waals surface area contributed by atoms with Crippen LogP contribution in [0.4, 0.5) is 8.78 Å². The Balaban J connectivity index is 1.78. The summed E-state index contributed by atoms with van der Waals surface area (Å²) in [5.41, 5.74) is 0.884. The largest absolute Gasteiger partial charge is 0.307 e. The zero-order valence-corrected chi connectivity index (χ0v) is 9.76. The topological polar surface area (TPSA) is 12.0 Å². The van der Waals surface area contributed by atoms with Gasteiger partial charge in [-0.3, -0.25) is 0 Å². The van der Waals surface area contributed by atoms with E-state index >= 15 is 0 Å². The molecule has 3 unspecified atom stereocenters. The van der Waals surface area contributed by atoms with E-state index in [1.165, 1.54) is 37.8 Å². The Bertz CT molecular complexity index is 419. The average Bonchev–Trinajstić information content (AvgIpc) is 2.79. The van der Waals surface area contributed by atoms with Gasteiger partial charge in [-0.05, 0) is 49.3 Å². The molecule has 1 aliphatic heterocycles. The maximum atomic E-state index is 13.2. The van der Waals surface area contributed by atoms with Gasteiger partial charge in [0.25, 0.3) is 0 Å². The van der Waals surface area contributed by atoms with Crippen molar-refractivity contribution in [2.75, 3.05) is 0 Å². The van der Waals surface area contributed by atoms with E-state index in [0.717, 1.165) is 17.9 Å². The third kappa shape index (κ3) is 2.08. The van der Waals surface area contributed by atoms with Crippen LogP contribution in [0.3, 0.4) is 0 Å². The molecule has 1 nitrogen and oxygen atoms in total. The second-order valence-electron chi connectivity index (χ2n) is 5.27. The number of nitrogens with one attached hydrogen (secondary N) is 1. The highest BCUT2D eigenvalue weighted by atomic mass is 19.2. The van der Waals surface area contributed by atoms with Crippen LogP contribution in [-0.4, -0.2) is 6.04 Å². The van der Waals surface area contributed by atoms with E-state index in [1.54, 1.807) is 6.07 Å². The number of hydrogen-bond acceptors (Lipinski definition) is 1. The molecule has 2 fully saturated rings. The average molecular weight is 237 g/mol. The molecule has 0 amide bonds. The van der Waals surface area contributed by atoms with E-state index in [-0.39, 0.29) is 6.04 Å². The third-order valence-corrected chi connectivity index (χ3v) is 4.25.